The van der Waals surface area contributed by atoms with Gasteiger partial charge >= 0.3 is 0 Å². The van der Waals surface area contributed by atoms with Gasteiger partial charge in [0, 0.05) is 37.8 Å². The lowest BCUT2D eigenvalue weighted by atomic mass is 9.93. The van der Waals surface area contributed by atoms with Gasteiger partial charge in [0.05, 0.1) is 5.60 Å². The second-order valence-electron chi connectivity index (χ2n) is 6.56. The van der Waals surface area contributed by atoms with Gasteiger partial charge in [0.2, 0.25) is 0 Å². The van der Waals surface area contributed by atoms with Crippen LogP contribution in [0.5, 0.6) is 0 Å². The van der Waals surface area contributed by atoms with Gasteiger partial charge in [-0.3, -0.25) is 4.90 Å². The third kappa shape index (κ3) is 3.67. The van der Waals surface area contributed by atoms with Crippen molar-refractivity contribution in [2.45, 2.75) is 70.7 Å². The van der Waals surface area contributed by atoms with Crippen LogP contribution in [0.25, 0.3) is 0 Å². The Morgan fingerprint density at radius 1 is 1.29 bits per heavy atom. The average Bonchev–Trinajstić information content (AvgIpc) is 2.63. The molecular formula is C14H28N2O. The highest BCUT2D eigenvalue weighted by molar-refractivity contribution is 4.90. The van der Waals surface area contributed by atoms with E-state index in [-0.39, 0.29) is 5.60 Å². The van der Waals surface area contributed by atoms with Gasteiger partial charge in [0.15, 0.2) is 0 Å². The molecule has 2 heterocycles. The van der Waals surface area contributed by atoms with Crippen LogP contribution < -0.4 is 5.32 Å². The highest BCUT2D eigenvalue weighted by atomic mass is 16.5. The SMILES string of the molecule is CC(C)NC1CCN(C2CCOC(C)(C)C2)C1. The van der Waals surface area contributed by atoms with Crippen LogP contribution in [0.2, 0.25) is 0 Å². The van der Waals surface area contributed by atoms with Gasteiger partial charge in [-0.25, -0.2) is 0 Å². The Morgan fingerprint density at radius 3 is 2.71 bits per heavy atom. The molecule has 2 aliphatic rings. The first kappa shape index (κ1) is 13.3. The van der Waals surface area contributed by atoms with Crippen LogP contribution in [0.3, 0.4) is 0 Å². The molecular weight excluding hydrogens is 212 g/mol. The first-order chi connectivity index (χ1) is 7.96. The van der Waals surface area contributed by atoms with E-state index in [4.69, 9.17) is 4.74 Å². The van der Waals surface area contributed by atoms with Crippen LogP contribution in [0, 0.1) is 0 Å². The fraction of sp³-hybridized carbons (Fsp3) is 1.00. The fourth-order valence-corrected chi connectivity index (χ4v) is 3.24. The molecule has 2 saturated heterocycles. The predicted octanol–water partition coefficient (Wildman–Crippen LogP) is 2.02. The third-order valence-electron chi connectivity index (χ3n) is 3.98. The highest BCUT2D eigenvalue weighted by Crippen LogP contribution is 2.29. The van der Waals surface area contributed by atoms with Crippen LogP contribution in [0.1, 0.15) is 47.0 Å². The van der Waals surface area contributed by atoms with E-state index in [1.54, 1.807) is 0 Å². The Hall–Kier alpha value is -0.120. The lowest BCUT2D eigenvalue weighted by Gasteiger charge is -2.40. The first-order valence-corrected chi connectivity index (χ1v) is 7.10. The molecule has 0 spiro atoms. The first-order valence-electron chi connectivity index (χ1n) is 7.10. The van der Waals surface area contributed by atoms with E-state index >= 15 is 0 Å². The second-order valence-corrected chi connectivity index (χ2v) is 6.56. The number of hydrogen-bond donors (Lipinski definition) is 1. The highest BCUT2D eigenvalue weighted by Gasteiger charge is 2.35. The molecule has 1 N–H and O–H groups in total. The van der Waals surface area contributed by atoms with E-state index < -0.39 is 0 Å². The van der Waals surface area contributed by atoms with Gasteiger partial charge in [-0.05, 0) is 33.1 Å². The van der Waals surface area contributed by atoms with Gasteiger partial charge in [-0.2, -0.15) is 0 Å². The molecule has 0 saturated carbocycles. The third-order valence-corrected chi connectivity index (χ3v) is 3.98. The summed E-state index contributed by atoms with van der Waals surface area (Å²) in [5.41, 5.74) is 0.0759. The van der Waals surface area contributed by atoms with Crippen molar-refractivity contribution >= 4 is 0 Å². The molecule has 2 rings (SSSR count). The van der Waals surface area contributed by atoms with Crippen molar-refractivity contribution in [2.75, 3.05) is 19.7 Å². The molecule has 17 heavy (non-hydrogen) atoms. The van der Waals surface area contributed by atoms with Crippen LogP contribution in [-0.2, 0) is 4.74 Å². The summed E-state index contributed by atoms with van der Waals surface area (Å²) in [7, 11) is 0. The molecule has 2 unspecified atom stereocenters. The van der Waals surface area contributed by atoms with E-state index in [0.29, 0.717) is 12.1 Å². The summed E-state index contributed by atoms with van der Waals surface area (Å²) in [6.45, 7) is 12.3. The zero-order valence-corrected chi connectivity index (χ0v) is 11.8. The average molecular weight is 240 g/mol. The Balaban J connectivity index is 1.83. The van der Waals surface area contributed by atoms with E-state index in [2.05, 4.69) is 37.9 Å². The smallest absolute Gasteiger partial charge is 0.0641 e. The van der Waals surface area contributed by atoms with Crippen molar-refractivity contribution in [1.82, 2.24) is 10.2 Å². The van der Waals surface area contributed by atoms with E-state index in [1.165, 1.54) is 32.4 Å². The molecule has 2 aliphatic heterocycles. The zero-order chi connectivity index (χ0) is 12.5. The normalized spacial score (nSPS) is 34.4. The van der Waals surface area contributed by atoms with Gasteiger partial charge in [-0.15, -0.1) is 0 Å². The fourth-order valence-electron chi connectivity index (χ4n) is 3.24. The summed E-state index contributed by atoms with van der Waals surface area (Å²) in [5.74, 6) is 0. The van der Waals surface area contributed by atoms with E-state index in [9.17, 15) is 0 Å². The molecule has 0 aliphatic carbocycles. The van der Waals surface area contributed by atoms with Crippen LogP contribution in [0.4, 0.5) is 0 Å². The van der Waals surface area contributed by atoms with Crippen molar-refractivity contribution in [1.29, 1.82) is 0 Å². The number of nitrogens with one attached hydrogen (secondary N) is 1. The minimum atomic E-state index is 0.0759. The number of ether oxygens (including phenoxy) is 1. The lowest BCUT2D eigenvalue weighted by Crippen LogP contribution is -2.46. The molecule has 2 atom stereocenters. The monoisotopic (exact) mass is 240 g/mol. The van der Waals surface area contributed by atoms with Crippen molar-refractivity contribution in [3.05, 3.63) is 0 Å². The minimum absolute atomic E-state index is 0.0759. The maximum atomic E-state index is 5.80. The Bertz CT molecular complexity index is 253. The standard InChI is InChI=1S/C14H28N2O/c1-11(2)15-12-5-7-16(10-12)13-6-8-17-14(3,4)9-13/h11-13,15H,5-10H2,1-4H3. The van der Waals surface area contributed by atoms with Gasteiger partial charge in [0.1, 0.15) is 0 Å². The van der Waals surface area contributed by atoms with E-state index in [1.807, 2.05) is 0 Å². The predicted molar refractivity (Wildman–Crippen MR) is 71.3 cm³/mol. The van der Waals surface area contributed by atoms with Gasteiger partial charge in [0.25, 0.3) is 0 Å². The summed E-state index contributed by atoms with van der Waals surface area (Å²) in [4.78, 5) is 2.67. The Labute approximate surface area is 106 Å². The van der Waals surface area contributed by atoms with Crippen molar-refractivity contribution in [2.24, 2.45) is 0 Å². The number of hydrogen-bond acceptors (Lipinski definition) is 3. The van der Waals surface area contributed by atoms with Crippen molar-refractivity contribution < 1.29 is 4.74 Å². The number of nitrogens with zero attached hydrogens (tertiary/aromatic N) is 1. The number of rotatable bonds is 3. The molecule has 0 aromatic heterocycles. The molecule has 100 valence electrons. The molecule has 3 nitrogen and oxygen atoms in total. The van der Waals surface area contributed by atoms with Gasteiger partial charge in [-0.1, -0.05) is 13.8 Å². The quantitative estimate of drug-likeness (QED) is 0.817. The molecule has 0 aromatic carbocycles. The minimum Gasteiger partial charge on any atom is -0.375 e. The largest absolute Gasteiger partial charge is 0.375 e. The van der Waals surface area contributed by atoms with E-state index in [0.717, 1.165) is 12.6 Å². The Kier molecular flexibility index (Phi) is 4.11. The molecule has 0 amide bonds. The molecule has 3 heteroatoms. The summed E-state index contributed by atoms with van der Waals surface area (Å²) < 4.78 is 5.80. The Morgan fingerprint density at radius 2 is 2.06 bits per heavy atom. The summed E-state index contributed by atoms with van der Waals surface area (Å²) in [6, 6.07) is 2.03. The van der Waals surface area contributed by atoms with Crippen molar-refractivity contribution in [3.63, 3.8) is 0 Å². The summed E-state index contributed by atoms with van der Waals surface area (Å²) in [5, 5.41) is 3.66. The molecule has 0 bridgehead atoms. The summed E-state index contributed by atoms with van der Waals surface area (Å²) in [6.07, 6.45) is 3.69. The van der Waals surface area contributed by atoms with Crippen LogP contribution >= 0.6 is 0 Å². The maximum absolute atomic E-state index is 5.80. The summed E-state index contributed by atoms with van der Waals surface area (Å²) >= 11 is 0. The lowest BCUT2D eigenvalue weighted by molar-refractivity contribution is -0.0805. The van der Waals surface area contributed by atoms with Crippen LogP contribution in [0.15, 0.2) is 0 Å². The van der Waals surface area contributed by atoms with Crippen molar-refractivity contribution in [3.8, 4) is 0 Å². The van der Waals surface area contributed by atoms with Crippen LogP contribution in [-0.4, -0.2) is 48.3 Å². The molecule has 0 radical (unpaired) electrons. The maximum Gasteiger partial charge on any atom is 0.0641 e. The molecule has 0 aromatic rings. The molecule has 2 fully saturated rings. The number of likely N-dealkylation sites (tertiary alicyclic amines) is 1. The van der Waals surface area contributed by atoms with Gasteiger partial charge < -0.3 is 10.1 Å². The zero-order valence-electron chi connectivity index (χ0n) is 11.8. The second kappa shape index (κ2) is 5.25. The topological polar surface area (TPSA) is 24.5 Å².